The number of phenolic OH excluding ortho intramolecular Hbond substituents is 1. The number of hydrogen-bond acceptors (Lipinski definition) is 8. The topological polar surface area (TPSA) is 156 Å². The molecular formula is C41H29F9N4O6. The van der Waals surface area contributed by atoms with E-state index >= 15 is 0 Å². The fourth-order valence-electron chi connectivity index (χ4n) is 6.76. The minimum atomic E-state index is -4.68. The van der Waals surface area contributed by atoms with E-state index in [0.29, 0.717) is 78.6 Å². The number of allylic oxidation sites excluding steroid dienone is 4. The van der Waals surface area contributed by atoms with Crippen molar-refractivity contribution in [3.8, 4) is 11.5 Å². The number of halogens is 9. The molecule has 2 aliphatic carbocycles. The molecule has 312 valence electrons. The number of benzene rings is 3. The van der Waals surface area contributed by atoms with E-state index in [-0.39, 0.29) is 39.7 Å². The van der Waals surface area contributed by atoms with Crippen LogP contribution in [0.25, 0.3) is 22.3 Å². The summed E-state index contributed by atoms with van der Waals surface area (Å²) in [5.41, 5.74) is -0.347. The van der Waals surface area contributed by atoms with E-state index in [9.17, 15) is 59.3 Å². The van der Waals surface area contributed by atoms with Gasteiger partial charge in [-0.15, -0.1) is 0 Å². The van der Waals surface area contributed by atoms with Crippen LogP contribution in [0.1, 0.15) is 98.7 Å². The van der Waals surface area contributed by atoms with Gasteiger partial charge in [-0.05, 0) is 97.2 Å². The van der Waals surface area contributed by atoms with Crippen LogP contribution in [0.3, 0.4) is 0 Å². The molecule has 0 saturated carbocycles. The largest absolute Gasteiger partial charge is 0.507 e. The summed E-state index contributed by atoms with van der Waals surface area (Å²) in [7, 11) is 0. The Morgan fingerprint density at radius 1 is 0.617 bits per heavy atom. The van der Waals surface area contributed by atoms with Gasteiger partial charge in [-0.2, -0.15) is 26.3 Å². The highest BCUT2D eigenvalue weighted by Crippen LogP contribution is 2.46. The molecule has 2 aromatic heterocycles. The number of hydrogen-bond donors (Lipinski definition) is 3. The molecule has 0 bridgehead atoms. The van der Waals surface area contributed by atoms with E-state index in [2.05, 4.69) is 19.9 Å². The number of aromatic hydroxyl groups is 1. The molecule has 0 aliphatic heterocycles. The van der Waals surface area contributed by atoms with E-state index in [1.807, 2.05) is 0 Å². The second-order valence-electron chi connectivity index (χ2n) is 13.4. The normalized spacial score (nSPS) is 14.3. The first kappa shape index (κ1) is 42.8. The standard InChI is InChI=1S/C24H16F6N2O3.C17H13F3N2O3/c25-13-7-18(26)17(19(27)8-13)11-35-22-5-4-12(24(28,29)30)6-16(22)14-2-1-3-15(14)20-9-31-10-21(32-20)23(33)34;18-17(19,20)9-4-5-15(23)12(6-9)10-2-1-3-11(10)13-7-21-8-14(22-13)16(24)25/h4-10H,1-3,11H2,(H,33,34);4-8,23H,1-3H2,(H,24,25). The Morgan fingerprint density at radius 3 is 1.55 bits per heavy atom. The Labute approximate surface area is 333 Å². The molecule has 10 nitrogen and oxygen atoms in total. The predicted molar refractivity (Wildman–Crippen MR) is 195 cm³/mol. The highest BCUT2D eigenvalue weighted by atomic mass is 19.4. The lowest BCUT2D eigenvalue weighted by Gasteiger charge is -2.17. The fraction of sp³-hybridized carbons (Fsp3) is 0.220. The first-order valence-electron chi connectivity index (χ1n) is 17.8. The van der Waals surface area contributed by atoms with Gasteiger partial charge in [-0.3, -0.25) is 9.97 Å². The Bertz CT molecular complexity index is 2530. The van der Waals surface area contributed by atoms with Crippen molar-refractivity contribution in [1.82, 2.24) is 19.9 Å². The fourth-order valence-corrected chi connectivity index (χ4v) is 6.76. The number of nitrogens with zero attached hydrogens (tertiary/aromatic N) is 4. The van der Waals surface area contributed by atoms with Gasteiger partial charge in [0.25, 0.3) is 0 Å². The van der Waals surface area contributed by atoms with Gasteiger partial charge >= 0.3 is 24.3 Å². The van der Waals surface area contributed by atoms with Crippen LogP contribution in [0.5, 0.6) is 11.5 Å². The molecule has 0 atom stereocenters. The molecule has 0 saturated heterocycles. The van der Waals surface area contributed by atoms with Crippen molar-refractivity contribution >= 4 is 34.2 Å². The van der Waals surface area contributed by atoms with Crippen molar-refractivity contribution in [1.29, 1.82) is 0 Å². The third-order valence-electron chi connectivity index (χ3n) is 9.52. The van der Waals surface area contributed by atoms with Crippen LogP contribution >= 0.6 is 0 Å². The highest BCUT2D eigenvalue weighted by molar-refractivity contribution is 5.95. The van der Waals surface area contributed by atoms with Crippen molar-refractivity contribution < 1.29 is 69.2 Å². The molecule has 3 N–H and O–H groups in total. The summed E-state index contributed by atoms with van der Waals surface area (Å²) in [6.07, 6.45) is -1.46. The van der Waals surface area contributed by atoms with Crippen LogP contribution in [-0.4, -0.2) is 47.2 Å². The summed E-state index contributed by atoms with van der Waals surface area (Å²) in [6, 6.07) is 6.37. The van der Waals surface area contributed by atoms with E-state index in [0.717, 1.165) is 48.8 Å². The van der Waals surface area contributed by atoms with Gasteiger partial charge in [0, 0.05) is 23.3 Å². The number of aromatic carboxylic acids is 2. The SMILES string of the molecule is O=C(O)c1cncc(C2=C(c3cc(C(F)(F)F)ccc3O)CCC2)n1.O=C(O)c1cncc(C2=C(c3cc(C(F)(F)F)ccc3OCc3c(F)cc(F)cc3F)CCC2)n1. The lowest BCUT2D eigenvalue weighted by Crippen LogP contribution is -2.08. The van der Waals surface area contributed by atoms with Crippen molar-refractivity contribution in [3.05, 3.63) is 141 Å². The van der Waals surface area contributed by atoms with Crippen LogP contribution < -0.4 is 4.74 Å². The molecule has 0 fully saturated rings. The second-order valence-corrected chi connectivity index (χ2v) is 13.4. The van der Waals surface area contributed by atoms with E-state index in [1.165, 1.54) is 12.4 Å². The Hall–Kier alpha value is -6.79. The van der Waals surface area contributed by atoms with Gasteiger partial charge in [-0.1, -0.05) is 0 Å². The van der Waals surface area contributed by atoms with Crippen LogP contribution in [0.4, 0.5) is 39.5 Å². The predicted octanol–water partition coefficient (Wildman–Crippen LogP) is 10.3. The van der Waals surface area contributed by atoms with Crippen molar-refractivity contribution in [2.24, 2.45) is 0 Å². The smallest absolute Gasteiger partial charge is 0.416 e. The van der Waals surface area contributed by atoms with Crippen molar-refractivity contribution in [3.63, 3.8) is 0 Å². The first-order chi connectivity index (χ1) is 28.3. The Balaban J connectivity index is 0.000000213. The Kier molecular flexibility index (Phi) is 12.3. The minimum Gasteiger partial charge on any atom is -0.507 e. The zero-order chi connectivity index (χ0) is 43.5. The number of phenols is 1. The number of rotatable bonds is 9. The molecule has 5 aromatic rings. The average Bonchev–Trinajstić information content (AvgIpc) is 3.88. The van der Waals surface area contributed by atoms with E-state index in [1.54, 1.807) is 0 Å². The molecule has 0 unspecified atom stereocenters. The maximum atomic E-state index is 14.0. The molecule has 2 heterocycles. The van der Waals surface area contributed by atoms with Gasteiger partial charge in [0.05, 0.1) is 52.9 Å². The summed E-state index contributed by atoms with van der Waals surface area (Å²) >= 11 is 0. The summed E-state index contributed by atoms with van der Waals surface area (Å²) in [6.45, 7) is -0.701. The van der Waals surface area contributed by atoms with Gasteiger partial charge in [0.2, 0.25) is 0 Å². The first-order valence-corrected chi connectivity index (χ1v) is 17.8. The van der Waals surface area contributed by atoms with Crippen molar-refractivity contribution in [2.45, 2.75) is 57.5 Å². The summed E-state index contributed by atoms with van der Waals surface area (Å²) in [4.78, 5) is 38.1. The number of carboxylic acids is 2. The Morgan fingerprint density at radius 2 is 1.07 bits per heavy atom. The van der Waals surface area contributed by atoms with Gasteiger partial charge in [0.1, 0.15) is 35.6 Å². The zero-order valence-corrected chi connectivity index (χ0v) is 30.6. The lowest BCUT2D eigenvalue weighted by atomic mass is 9.97. The average molecular weight is 845 g/mol. The molecule has 0 radical (unpaired) electrons. The van der Waals surface area contributed by atoms with Crippen LogP contribution in [0, 0.1) is 17.5 Å². The van der Waals surface area contributed by atoms with Gasteiger partial charge < -0.3 is 20.1 Å². The number of alkyl halides is 6. The number of carbonyl (C=O) groups is 2. The monoisotopic (exact) mass is 844 g/mol. The zero-order valence-electron chi connectivity index (χ0n) is 30.6. The molecule has 3 aromatic carbocycles. The molecule has 0 amide bonds. The quantitative estimate of drug-likeness (QED) is 0.122. The number of carboxylic acid groups (broad SMARTS) is 2. The molecule has 7 rings (SSSR count). The maximum absolute atomic E-state index is 14.0. The van der Waals surface area contributed by atoms with Gasteiger partial charge in [-0.25, -0.2) is 32.7 Å². The molecule has 0 spiro atoms. The molecule has 2 aliphatic rings. The number of ether oxygens (including phenoxy) is 1. The van der Waals surface area contributed by atoms with Crippen molar-refractivity contribution in [2.75, 3.05) is 0 Å². The van der Waals surface area contributed by atoms with Crippen LogP contribution in [0.15, 0.2) is 73.3 Å². The summed E-state index contributed by atoms with van der Waals surface area (Å²) in [5.74, 6) is -6.41. The second kappa shape index (κ2) is 17.2. The molecule has 19 heteroatoms. The maximum Gasteiger partial charge on any atom is 0.416 e. The van der Waals surface area contributed by atoms with Crippen LogP contribution in [-0.2, 0) is 19.0 Å². The van der Waals surface area contributed by atoms with E-state index in [4.69, 9.17) is 9.84 Å². The summed E-state index contributed by atoms with van der Waals surface area (Å²) in [5, 5.41) is 28.3. The van der Waals surface area contributed by atoms with Crippen LogP contribution in [0.2, 0.25) is 0 Å². The van der Waals surface area contributed by atoms with Gasteiger partial charge in [0.15, 0.2) is 11.4 Å². The summed E-state index contributed by atoms with van der Waals surface area (Å²) < 4.78 is 126. The molecule has 60 heavy (non-hydrogen) atoms. The number of aromatic nitrogens is 4. The third kappa shape index (κ3) is 9.56. The highest BCUT2D eigenvalue weighted by Gasteiger charge is 2.34. The third-order valence-corrected chi connectivity index (χ3v) is 9.52. The lowest BCUT2D eigenvalue weighted by molar-refractivity contribution is -0.138. The molecular weight excluding hydrogens is 815 g/mol. The minimum absolute atomic E-state index is 0.0257. The van der Waals surface area contributed by atoms with E-state index < -0.39 is 65.0 Å².